The second-order valence-corrected chi connectivity index (χ2v) is 7.95. The first-order valence-corrected chi connectivity index (χ1v) is 11.0. The minimum Gasteiger partial charge on any atom is -0.497 e. The zero-order valence-electron chi connectivity index (χ0n) is 19.2. The molecule has 1 aliphatic rings. The van der Waals surface area contributed by atoms with Crippen LogP contribution < -0.4 is 20.3 Å². The number of ether oxygens (including phenoxy) is 2. The normalized spacial score (nSPS) is 13.0. The Labute approximate surface area is 211 Å². The average molecular weight is 506 g/mol. The maximum Gasteiger partial charge on any atom is 0.337 e. The summed E-state index contributed by atoms with van der Waals surface area (Å²) in [5, 5.41) is 5.29. The highest BCUT2D eigenvalue weighted by Crippen LogP contribution is 2.31. The van der Waals surface area contributed by atoms with Crippen molar-refractivity contribution in [3.05, 3.63) is 94.7 Å². The monoisotopic (exact) mass is 505 g/mol. The van der Waals surface area contributed by atoms with Gasteiger partial charge in [0.15, 0.2) is 0 Å². The molecular weight excluding hydrogens is 486 g/mol. The van der Waals surface area contributed by atoms with Crippen LogP contribution in [0.15, 0.2) is 83.5 Å². The van der Waals surface area contributed by atoms with Gasteiger partial charge >= 0.3 is 5.97 Å². The Hall–Kier alpha value is -4.63. The van der Waals surface area contributed by atoms with Crippen LogP contribution in [-0.4, -0.2) is 37.9 Å². The molecule has 0 saturated carbocycles. The number of esters is 1. The molecule has 10 heteroatoms. The molecule has 1 heterocycles. The van der Waals surface area contributed by atoms with Crippen molar-refractivity contribution in [2.75, 3.05) is 29.8 Å². The number of amides is 3. The van der Waals surface area contributed by atoms with Gasteiger partial charge in [0.25, 0.3) is 17.7 Å². The van der Waals surface area contributed by atoms with Crippen LogP contribution in [0.25, 0.3) is 0 Å². The number of imide groups is 1. The standard InChI is InChI=1S/C26H20ClN3O6/c1-35-20-11-5-9-18(14-20)29-23(31)15-6-3-8-17(12-15)28-22-21(27)24(32)30(25(22)33)19-10-4-7-16(13-19)26(34)36-2/h3-14,28H,1-2H3,(H,29,31). The van der Waals surface area contributed by atoms with E-state index >= 15 is 0 Å². The summed E-state index contributed by atoms with van der Waals surface area (Å²) in [4.78, 5) is 51.3. The van der Waals surface area contributed by atoms with E-state index < -0.39 is 17.8 Å². The Morgan fingerprint density at radius 3 is 2.28 bits per heavy atom. The van der Waals surface area contributed by atoms with E-state index in [1.54, 1.807) is 42.5 Å². The zero-order chi connectivity index (χ0) is 25.8. The number of nitrogens with one attached hydrogen (secondary N) is 2. The highest BCUT2D eigenvalue weighted by Gasteiger charge is 2.39. The van der Waals surface area contributed by atoms with Crippen LogP contribution in [0.3, 0.4) is 0 Å². The molecule has 0 bridgehead atoms. The maximum atomic E-state index is 13.1. The highest BCUT2D eigenvalue weighted by molar-refractivity contribution is 6.53. The van der Waals surface area contributed by atoms with Crippen LogP contribution in [0, 0.1) is 0 Å². The van der Waals surface area contributed by atoms with Crippen molar-refractivity contribution in [1.29, 1.82) is 0 Å². The van der Waals surface area contributed by atoms with Gasteiger partial charge in [-0.1, -0.05) is 29.8 Å². The Morgan fingerprint density at radius 2 is 1.53 bits per heavy atom. The summed E-state index contributed by atoms with van der Waals surface area (Å²) in [6.07, 6.45) is 0. The molecule has 9 nitrogen and oxygen atoms in total. The smallest absolute Gasteiger partial charge is 0.337 e. The van der Waals surface area contributed by atoms with Gasteiger partial charge in [-0.2, -0.15) is 0 Å². The van der Waals surface area contributed by atoms with Gasteiger partial charge in [-0.25, -0.2) is 9.69 Å². The average Bonchev–Trinajstić information content (AvgIpc) is 3.11. The molecule has 0 spiro atoms. The number of methoxy groups -OCH3 is 2. The molecule has 2 N–H and O–H groups in total. The first-order valence-electron chi connectivity index (χ1n) is 10.6. The van der Waals surface area contributed by atoms with Crippen LogP contribution in [0.4, 0.5) is 17.1 Å². The second-order valence-electron chi connectivity index (χ2n) is 7.57. The number of benzene rings is 3. The first kappa shape index (κ1) is 24.5. The van der Waals surface area contributed by atoms with Gasteiger partial charge in [0.1, 0.15) is 16.5 Å². The van der Waals surface area contributed by atoms with Gasteiger partial charge < -0.3 is 20.1 Å². The van der Waals surface area contributed by atoms with E-state index in [2.05, 4.69) is 10.6 Å². The lowest BCUT2D eigenvalue weighted by Gasteiger charge is -2.16. The summed E-state index contributed by atoms with van der Waals surface area (Å²) in [5.74, 6) is -1.87. The third kappa shape index (κ3) is 4.91. The van der Waals surface area contributed by atoms with Crippen LogP contribution in [0.2, 0.25) is 0 Å². The molecule has 4 rings (SSSR count). The minimum absolute atomic E-state index is 0.157. The molecule has 36 heavy (non-hydrogen) atoms. The Bertz CT molecular complexity index is 1420. The number of halogens is 1. The predicted octanol–water partition coefficient (Wildman–Crippen LogP) is 4.17. The summed E-state index contributed by atoms with van der Waals surface area (Å²) in [6, 6.07) is 19.1. The highest BCUT2D eigenvalue weighted by atomic mass is 35.5. The lowest BCUT2D eigenvalue weighted by Crippen LogP contribution is -2.32. The van der Waals surface area contributed by atoms with Crippen molar-refractivity contribution in [3.63, 3.8) is 0 Å². The van der Waals surface area contributed by atoms with E-state index in [1.807, 2.05) is 0 Å². The molecule has 3 amide bonds. The summed E-state index contributed by atoms with van der Waals surface area (Å²) in [7, 11) is 2.76. The fraction of sp³-hybridized carbons (Fsp3) is 0.0769. The molecular formula is C26H20ClN3O6. The molecule has 0 unspecified atom stereocenters. The maximum absolute atomic E-state index is 13.1. The third-order valence-electron chi connectivity index (χ3n) is 5.27. The van der Waals surface area contributed by atoms with Gasteiger partial charge in [-0.05, 0) is 48.5 Å². The molecule has 0 saturated heterocycles. The topological polar surface area (TPSA) is 114 Å². The fourth-order valence-corrected chi connectivity index (χ4v) is 3.73. The third-order valence-corrected chi connectivity index (χ3v) is 5.63. The van der Waals surface area contributed by atoms with Crippen molar-refractivity contribution < 1.29 is 28.7 Å². The van der Waals surface area contributed by atoms with Crippen molar-refractivity contribution in [1.82, 2.24) is 0 Å². The van der Waals surface area contributed by atoms with E-state index in [9.17, 15) is 19.2 Å². The van der Waals surface area contributed by atoms with Crippen LogP contribution >= 0.6 is 11.6 Å². The minimum atomic E-state index is -0.752. The number of hydrogen-bond donors (Lipinski definition) is 2. The molecule has 0 atom stereocenters. The van der Waals surface area contributed by atoms with Crippen LogP contribution in [-0.2, 0) is 14.3 Å². The number of nitrogens with zero attached hydrogens (tertiary/aromatic N) is 1. The summed E-state index contributed by atoms with van der Waals surface area (Å²) in [6.45, 7) is 0. The SMILES string of the molecule is COC(=O)c1cccc(N2C(=O)C(Cl)=C(Nc3cccc(C(=O)Nc4cccc(OC)c4)c3)C2=O)c1. The van der Waals surface area contributed by atoms with E-state index in [1.165, 1.54) is 44.6 Å². The van der Waals surface area contributed by atoms with E-state index in [4.69, 9.17) is 21.1 Å². The van der Waals surface area contributed by atoms with Crippen LogP contribution in [0.1, 0.15) is 20.7 Å². The molecule has 0 fully saturated rings. The van der Waals surface area contributed by atoms with Crippen molar-refractivity contribution in [3.8, 4) is 5.75 Å². The van der Waals surface area contributed by atoms with Gasteiger partial charge in [0, 0.05) is 23.0 Å². The van der Waals surface area contributed by atoms with Gasteiger partial charge in [-0.3, -0.25) is 14.4 Å². The van der Waals surface area contributed by atoms with Crippen molar-refractivity contribution in [2.45, 2.75) is 0 Å². The predicted molar refractivity (Wildman–Crippen MR) is 134 cm³/mol. The molecule has 0 aromatic heterocycles. The number of carbonyl (C=O) groups is 4. The zero-order valence-corrected chi connectivity index (χ0v) is 20.0. The molecule has 182 valence electrons. The number of anilines is 3. The van der Waals surface area contributed by atoms with Crippen LogP contribution in [0.5, 0.6) is 5.75 Å². The first-order chi connectivity index (χ1) is 17.3. The van der Waals surface area contributed by atoms with Gasteiger partial charge in [-0.15, -0.1) is 0 Å². The van der Waals surface area contributed by atoms with E-state index in [-0.39, 0.29) is 27.9 Å². The quantitative estimate of drug-likeness (QED) is 0.366. The molecule has 3 aromatic rings. The Morgan fingerprint density at radius 1 is 0.833 bits per heavy atom. The van der Waals surface area contributed by atoms with Crippen molar-refractivity contribution in [2.24, 2.45) is 0 Å². The Balaban J connectivity index is 1.54. The largest absolute Gasteiger partial charge is 0.497 e. The molecule has 1 aliphatic heterocycles. The lowest BCUT2D eigenvalue weighted by molar-refractivity contribution is -0.120. The summed E-state index contributed by atoms with van der Waals surface area (Å²) in [5.41, 5.74) is 1.39. The van der Waals surface area contributed by atoms with Gasteiger partial charge in [0.05, 0.1) is 25.5 Å². The van der Waals surface area contributed by atoms with E-state index in [0.717, 1.165) is 4.90 Å². The number of hydrogen-bond acceptors (Lipinski definition) is 7. The number of rotatable bonds is 7. The number of carbonyl (C=O) groups excluding carboxylic acids is 4. The summed E-state index contributed by atoms with van der Waals surface area (Å²) >= 11 is 6.21. The van der Waals surface area contributed by atoms with E-state index in [0.29, 0.717) is 22.7 Å². The van der Waals surface area contributed by atoms with Gasteiger partial charge in [0.2, 0.25) is 0 Å². The second kappa shape index (κ2) is 10.3. The summed E-state index contributed by atoms with van der Waals surface area (Å²) < 4.78 is 9.86. The van der Waals surface area contributed by atoms with Crippen molar-refractivity contribution >= 4 is 52.4 Å². The Kier molecular flexibility index (Phi) is 7.03. The fourth-order valence-electron chi connectivity index (χ4n) is 3.52. The lowest BCUT2D eigenvalue weighted by atomic mass is 10.1. The molecule has 3 aromatic carbocycles. The molecule has 0 aliphatic carbocycles. The molecule has 0 radical (unpaired) electrons.